The Labute approximate surface area is 154 Å². The summed E-state index contributed by atoms with van der Waals surface area (Å²) in [6.07, 6.45) is -0.509. The van der Waals surface area contributed by atoms with Gasteiger partial charge in [-0.2, -0.15) is 0 Å². The third kappa shape index (κ3) is 4.04. The Hall–Kier alpha value is -2.83. The minimum Gasteiger partial charge on any atom is -0.493 e. The number of benzene rings is 1. The minimum atomic E-state index is -0.509. The van der Waals surface area contributed by atoms with Gasteiger partial charge in [0.25, 0.3) is 5.91 Å². The molecular formula is C19H26N4O3. The highest BCUT2D eigenvalue weighted by Crippen LogP contribution is 2.32. The molecule has 0 radical (unpaired) electrons. The van der Waals surface area contributed by atoms with Gasteiger partial charge in [-0.15, -0.1) is 0 Å². The van der Waals surface area contributed by atoms with Crippen molar-refractivity contribution in [1.82, 2.24) is 14.9 Å². The number of ether oxygens (including phenoxy) is 2. The second-order valence-electron chi connectivity index (χ2n) is 5.82. The van der Waals surface area contributed by atoms with Crippen LogP contribution in [-0.4, -0.2) is 41.0 Å². The molecule has 1 heterocycles. The smallest absolute Gasteiger partial charge is 0.257 e. The fraction of sp³-hybridized carbons (Fsp3) is 0.421. The number of nitrogens with two attached hydrogens (primary N) is 1. The lowest BCUT2D eigenvalue weighted by Gasteiger charge is -2.24. The third-order valence-corrected chi connectivity index (χ3v) is 4.16. The van der Waals surface area contributed by atoms with Crippen LogP contribution >= 0.6 is 0 Å². The lowest BCUT2D eigenvalue weighted by Crippen LogP contribution is -2.33. The molecule has 1 atom stereocenters. The van der Waals surface area contributed by atoms with E-state index >= 15 is 0 Å². The molecule has 0 fully saturated rings. The van der Waals surface area contributed by atoms with Crippen LogP contribution in [0, 0.1) is 6.92 Å². The molecule has 26 heavy (non-hydrogen) atoms. The van der Waals surface area contributed by atoms with E-state index < -0.39 is 6.10 Å². The van der Waals surface area contributed by atoms with Crippen molar-refractivity contribution in [1.29, 1.82) is 0 Å². The molecule has 0 spiro atoms. The number of nitrogen functional groups attached to an aromatic ring is 1. The molecule has 7 heteroatoms. The molecule has 0 saturated heterocycles. The molecule has 2 N–H and O–H groups in total. The zero-order chi connectivity index (χ0) is 19.3. The van der Waals surface area contributed by atoms with Crippen molar-refractivity contribution in [3.05, 3.63) is 41.2 Å². The summed E-state index contributed by atoms with van der Waals surface area (Å²) in [6.45, 7) is 8.65. The van der Waals surface area contributed by atoms with Crippen LogP contribution in [-0.2, 0) is 0 Å². The first-order chi connectivity index (χ1) is 12.4. The molecule has 1 amide bonds. The number of carbonyl (C=O) groups is 1. The molecule has 2 aromatic rings. The van der Waals surface area contributed by atoms with Crippen molar-refractivity contribution >= 4 is 11.9 Å². The number of aryl methyl sites for hydroxylation is 1. The number of nitrogens with zero attached hydrogens (tertiary/aromatic N) is 3. The lowest BCUT2D eigenvalue weighted by atomic mass is 10.1. The maximum absolute atomic E-state index is 13.0. The fourth-order valence-corrected chi connectivity index (χ4v) is 2.81. The Balaban J connectivity index is 2.45. The van der Waals surface area contributed by atoms with E-state index in [2.05, 4.69) is 9.97 Å². The van der Waals surface area contributed by atoms with E-state index in [0.717, 1.165) is 0 Å². The van der Waals surface area contributed by atoms with E-state index in [9.17, 15) is 4.79 Å². The number of amides is 1. The number of hydrogen-bond acceptors (Lipinski definition) is 6. The van der Waals surface area contributed by atoms with Crippen LogP contribution in [0.3, 0.4) is 0 Å². The summed E-state index contributed by atoms with van der Waals surface area (Å²) in [5.74, 6) is 1.16. The van der Waals surface area contributed by atoms with Crippen molar-refractivity contribution in [2.75, 3.05) is 25.9 Å². The van der Waals surface area contributed by atoms with E-state index in [1.165, 1.54) is 0 Å². The molecule has 7 nitrogen and oxygen atoms in total. The zero-order valence-corrected chi connectivity index (χ0v) is 15.9. The van der Waals surface area contributed by atoms with Gasteiger partial charge in [0, 0.05) is 13.1 Å². The predicted octanol–water partition coefficient (Wildman–Crippen LogP) is 3.00. The summed E-state index contributed by atoms with van der Waals surface area (Å²) < 4.78 is 11.4. The fourth-order valence-electron chi connectivity index (χ4n) is 2.81. The van der Waals surface area contributed by atoms with Gasteiger partial charge in [0.2, 0.25) is 5.95 Å². The monoisotopic (exact) mass is 358 g/mol. The SMILES string of the molecule is CCN(CC)C(=O)c1c(C)nc(N)nc1C(C)Oc1ccccc1OC. The largest absolute Gasteiger partial charge is 0.493 e. The van der Waals surface area contributed by atoms with Crippen LogP contribution < -0.4 is 15.2 Å². The number of hydrogen-bond donors (Lipinski definition) is 1. The highest BCUT2D eigenvalue weighted by atomic mass is 16.5. The van der Waals surface area contributed by atoms with Gasteiger partial charge >= 0.3 is 0 Å². The maximum Gasteiger partial charge on any atom is 0.257 e. The van der Waals surface area contributed by atoms with Gasteiger partial charge in [-0.05, 0) is 39.8 Å². The second kappa shape index (κ2) is 8.51. The van der Waals surface area contributed by atoms with Crippen LogP contribution in [0.4, 0.5) is 5.95 Å². The number of aromatic nitrogens is 2. The standard InChI is InChI=1S/C19H26N4O3/c1-6-23(7-2)18(24)16-12(3)21-19(20)22-17(16)13(4)26-15-11-9-8-10-14(15)25-5/h8-11,13H,6-7H2,1-5H3,(H2,20,21,22). The van der Waals surface area contributed by atoms with E-state index in [1.807, 2.05) is 39.0 Å². The number of rotatable bonds is 7. The number of anilines is 1. The number of para-hydroxylation sites is 2. The van der Waals surface area contributed by atoms with Crippen LogP contribution in [0.5, 0.6) is 11.5 Å². The number of methoxy groups -OCH3 is 1. The molecule has 2 rings (SSSR count). The molecule has 0 aliphatic rings. The molecule has 140 valence electrons. The van der Waals surface area contributed by atoms with E-state index in [-0.39, 0.29) is 11.9 Å². The molecule has 0 bridgehead atoms. The van der Waals surface area contributed by atoms with Gasteiger partial charge in [-0.3, -0.25) is 4.79 Å². The van der Waals surface area contributed by atoms with Gasteiger partial charge < -0.3 is 20.1 Å². The topological polar surface area (TPSA) is 90.6 Å². The highest BCUT2D eigenvalue weighted by molar-refractivity contribution is 5.96. The normalized spacial score (nSPS) is 11.7. The first-order valence-electron chi connectivity index (χ1n) is 8.65. The third-order valence-electron chi connectivity index (χ3n) is 4.16. The van der Waals surface area contributed by atoms with Gasteiger partial charge in [-0.25, -0.2) is 9.97 Å². The van der Waals surface area contributed by atoms with Crippen molar-refractivity contribution < 1.29 is 14.3 Å². The van der Waals surface area contributed by atoms with Crippen molar-refractivity contribution in [3.8, 4) is 11.5 Å². The maximum atomic E-state index is 13.0. The van der Waals surface area contributed by atoms with Crippen LogP contribution in [0.25, 0.3) is 0 Å². The summed E-state index contributed by atoms with van der Waals surface area (Å²) in [5, 5.41) is 0. The molecule has 1 aromatic heterocycles. The highest BCUT2D eigenvalue weighted by Gasteiger charge is 2.26. The summed E-state index contributed by atoms with van der Waals surface area (Å²) in [6, 6.07) is 7.33. The summed E-state index contributed by atoms with van der Waals surface area (Å²) in [7, 11) is 1.58. The molecule has 0 aliphatic carbocycles. The molecular weight excluding hydrogens is 332 g/mol. The molecule has 1 unspecified atom stereocenters. The summed E-state index contributed by atoms with van der Waals surface area (Å²) in [4.78, 5) is 23.2. The Morgan fingerprint density at radius 2 is 1.81 bits per heavy atom. The van der Waals surface area contributed by atoms with E-state index in [1.54, 1.807) is 25.0 Å². The number of carbonyl (C=O) groups excluding carboxylic acids is 1. The second-order valence-corrected chi connectivity index (χ2v) is 5.82. The van der Waals surface area contributed by atoms with Gasteiger partial charge in [-0.1, -0.05) is 12.1 Å². The zero-order valence-electron chi connectivity index (χ0n) is 15.9. The van der Waals surface area contributed by atoms with Crippen LogP contribution in [0.1, 0.15) is 48.6 Å². The van der Waals surface area contributed by atoms with E-state index in [0.29, 0.717) is 41.5 Å². The molecule has 1 aromatic carbocycles. The Morgan fingerprint density at radius 1 is 1.19 bits per heavy atom. The summed E-state index contributed by atoms with van der Waals surface area (Å²) in [5.41, 5.74) is 7.28. The molecule has 0 aliphatic heterocycles. The lowest BCUT2D eigenvalue weighted by molar-refractivity contribution is 0.0765. The van der Waals surface area contributed by atoms with Crippen molar-refractivity contribution in [2.24, 2.45) is 0 Å². The first-order valence-corrected chi connectivity index (χ1v) is 8.65. The van der Waals surface area contributed by atoms with E-state index in [4.69, 9.17) is 15.2 Å². The van der Waals surface area contributed by atoms with Crippen molar-refractivity contribution in [3.63, 3.8) is 0 Å². The van der Waals surface area contributed by atoms with Crippen LogP contribution in [0.15, 0.2) is 24.3 Å². The van der Waals surface area contributed by atoms with Crippen LogP contribution in [0.2, 0.25) is 0 Å². The summed E-state index contributed by atoms with van der Waals surface area (Å²) >= 11 is 0. The average molecular weight is 358 g/mol. The van der Waals surface area contributed by atoms with Gasteiger partial charge in [0.15, 0.2) is 11.5 Å². The Bertz CT molecular complexity index is 775. The first kappa shape index (κ1) is 19.5. The average Bonchev–Trinajstić information content (AvgIpc) is 2.62. The van der Waals surface area contributed by atoms with Gasteiger partial charge in [0.1, 0.15) is 6.10 Å². The Morgan fingerprint density at radius 3 is 2.38 bits per heavy atom. The Kier molecular flexibility index (Phi) is 6.38. The van der Waals surface area contributed by atoms with Crippen molar-refractivity contribution in [2.45, 2.75) is 33.8 Å². The van der Waals surface area contributed by atoms with Gasteiger partial charge in [0.05, 0.1) is 24.1 Å². The molecule has 0 saturated carbocycles. The predicted molar refractivity (Wildman–Crippen MR) is 100 cm³/mol. The quantitative estimate of drug-likeness (QED) is 0.818. The minimum absolute atomic E-state index is 0.115.